The Morgan fingerprint density at radius 1 is 1.57 bits per heavy atom. The Balaban J connectivity index is 2.02. The molecule has 1 saturated heterocycles. The van der Waals surface area contributed by atoms with Crippen LogP contribution in [0, 0.1) is 11.8 Å². The van der Waals surface area contributed by atoms with E-state index < -0.39 is 0 Å². The van der Waals surface area contributed by atoms with Gasteiger partial charge in [0.1, 0.15) is 0 Å². The van der Waals surface area contributed by atoms with Gasteiger partial charge in [0.05, 0.1) is 25.9 Å². The third-order valence-electron chi connectivity index (χ3n) is 2.97. The maximum Gasteiger partial charge on any atom is 0.0799 e. The minimum Gasteiger partial charge on any atom is -0.390 e. The van der Waals surface area contributed by atoms with Gasteiger partial charge >= 0.3 is 0 Å². The van der Waals surface area contributed by atoms with Crippen LogP contribution in [0.3, 0.4) is 0 Å². The average Bonchev–Trinajstić information content (AvgIpc) is 2.69. The van der Waals surface area contributed by atoms with E-state index in [4.69, 9.17) is 9.47 Å². The molecule has 3 nitrogen and oxygen atoms in total. The van der Waals surface area contributed by atoms with Crippen LogP contribution < -0.4 is 0 Å². The maximum absolute atomic E-state index is 9.64. The van der Waals surface area contributed by atoms with E-state index in [0.29, 0.717) is 18.4 Å². The predicted molar refractivity (Wildman–Crippen MR) is 55.2 cm³/mol. The Hall–Kier alpha value is -0.120. The van der Waals surface area contributed by atoms with Gasteiger partial charge in [0.15, 0.2) is 0 Å². The van der Waals surface area contributed by atoms with Gasteiger partial charge in [0.2, 0.25) is 0 Å². The number of hydrogen-bond acceptors (Lipinski definition) is 3. The van der Waals surface area contributed by atoms with Crippen molar-refractivity contribution in [3.05, 3.63) is 0 Å². The van der Waals surface area contributed by atoms with Crippen molar-refractivity contribution in [1.29, 1.82) is 0 Å². The van der Waals surface area contributed by atoms with Crippen LogP contribution in [0.1, 0.15) is 26.7 Å². The molecule has 84 valence electrons. The summed E-state index contributed by atoms with van der Waals surface area (Å²) in [7, 11) is 0. The number of rotatable bonds is 6. The molecule has 1 heterocycles. The van der Waals surface area contributed by atoms with Crippen molar-refractivity contribution in [3.8, 4) is 0 Å². The second kappa shape index (κ2) is 6.38. The Morgan fingerprint density at radius 3 is 2.93 bits per heavy atom. The molecule has 3 heteroatoms. The molecule has 0 aromatic rings. The highest BCUT2D eigenvalue weighted by Crippen LogP contribution is 2.13. The van der Waals surface area contributed by atoms with Crippen LogP contribution in [-0.4, -0.2) is 37.6 Å². The molecule has 1 rings (SSSR count). The molecular formula is C11H22O3. The lowest BCUT2D eigenvalue weighted by Crippen LogP contribution is -2.24. The summed E-state index contributed by atoms with van der Waals surface area (Å²) in [5, 5.41) is 9.64. The molecule has 0 bridgehead atoms. The molecule has 0 aliphatic carbocycles. The van der Waals surface area contributed by atoms with Gasteiger partial charge in [-0.1, -0.05) is 20.3 Å². The van der Waals surface area contributed by atoms with Gasteiger partial charge in [0.25, 0.3) is 0 Å². The van der Waals surface area contributed by atoms with Gasteiger partial charge in [-0.15, -0.1) is 0 Å². The molecule has 0 spiro atoms. The summed E-state index contributed by atoms with van der Waals surface area (Å²) in [5.74, 6) is 0.869. The molecule has 0 radical (unpaired) electrons. The third kappa shape index (κ3) is 3.95. The molecule has 0 aromatic carbocycles. The zero-order valence-corrected chi connectivity index (χ0v) is 9.24. The van der Waals surface area contributed by atoms with Crippen LogP contribution >= 0.6 is 0 Å². The molecule has 1 N–H and O–H groups in total. The fourth-order valence-corrected chi connectivity index (χ4v) is 1.51. The van der Waals surface area contributed by atoms with Crippen LogP contribution in [0.15, 0.2) is 0 Å². The van der Waals surface area contributed by atoms with Gasteiger partial charge in [-0.2, -0.15) is 0 Å². The van der Waals surface area contributed by atoms with Crippen molar-refractivity contribution >= 4 is 0 Å². The third-order valence-corrected chi connectivity index (χ3v) is 2.97. The summed E-state index contributed by atoms with van der Waals surface area (Å²) in [5.41, 5.74) is 0. The highest BCUT2D eigenvalue weighted by Gasteiger charge is 2.17. The molecule has 0 aromatic heterocycles. The summed E-state index contributed by atoms with van der Waals surface area (Å²) in [6.45, 7) is 7.01. The lowest BCUT2D eigenvalue weighted by molar-refractivity contribution is -0.00459. The second-order valence-electron chi connectivity index (χ2n) is 4.22. The second-order valence-corrected chi connectivity index (χ2v) is 4.22. The van der Waals surface area contributed by atoms with Crippen molar-refractivity contribution in [2.75, 3.05) is 26.4 Å². The van der Waals surface area contributed by atoms with E-state index >= 15 is 0 Å². The zero-order chi connectivity index (χ0) is 10.4. The number of aliphatic hydroxyl groups is 1. The van der Waals surface area contributed by atoms with Gasteiger partial charge in [-0.3, -0.25) is 0 Å². The van der Waals surface area contributed by atoms with E-state index in [0.717, 1.165) is 32.7 Å². The minimum atomic E-state index is -0.317. The first-order valence-corrected chi connectivity index (χ1v) is 5.57. The van der Waals surface area contributed by atoms with Crippen molar-refractivity contribution in [3.63, 3.8) is 0 Å². The van der Waals surface area contributed by atoms with Gasteiger partial charge in [0, 0.05) is 12.5 Å². The topological polar surface area (TPSA) is 38.7 Å². The Labute approximate surface area is 86.4 Å². The van der Waals surface area contributed by atoms with Gasteiger partial charge in [-0.25, -0.2) is 0 Å². The summed E-state index contributed by atoms with van der Waals surface area (Å²) in [6, 6.07) is 0. The fraction of sp³-hybridized carbons (Fsp3) is 1.00. The smallest absolute Gasteiger partial charge is 0.0799 e. The van der Waals surface area contributed by atoms with Crippen LogP contribution in [-0.2, 0) is 9.47 Å². The Morgan fingerprint density at radius 2 is 2.36 bits per heavy atom. The van der Waals surface area contributed by atoms with E-state index in [1.807, 2.05) is 6.92 Å². The molecule has 1 aliphatic rings. The predicted octanol–water partition coefficient (Wildman–Crippen LogP) is 1.45. The van der Waals surface area contributed by atoms with Crippen LogP contribution in [0.25, 0.3) is 0 Å². The summed E-state index contributed by atoms with van der Waals surface area (Å²) < 4.78 is 10.7. The molecule has 0 amide bonds. The maximum atomic E-state index is 9.64. The summed E-state index contributed by atoms with van der Waals surface area (Å²) in [6.07, 6.45) is 1.78. The average molecular weight is 202 g/mol. The molecule has 14 heavy (non-hydrogen) atoms. The van der Waals surface area contributed by atoms with Crippen LogP contribution in [0.2, 0.25) is 0 Å². The van der Waals surface area contributed by atoms with Crippen LogP contribution in [0.4, 0.5) is 0 Å². The minimum absolute atomic E-state index is 0.317. The highest BCUT2D eigenvalue weighted by molar-refractivity contribution is 4.65. The molecule has 1 fully saturated rings. The lowest BCUT2D eigenvalue weighted by atomic mass is 10.0. The van der Waals surface area contributed by atoms with E-state index in [1.165, 1.54) is 0 Å². The zero-order valence-electron chi connectivity index (χ0n) is 9.24. The van der Waals surface area contributed by atoms with E-state index in [1.54, 1.807) is 0 Å². The normalized spacial score (nSPS) is 26.4. The molecule has 3 atom stereocenters. The summed E-state index contributed by atoms with van der Waals surface area (Å²) in [4.78, 5) is 0. The van der Waals surface area contributed by atoms with Crippen molar-refractivity contribution in [2.45, 2.75) is 32.8 Å². The largest absolute Gasteiger partial charge is 0.390 e. The molecular weight excluding hydrogens is 180 g/mol. The first-order chi connectivity index (χ1) is 6.74. The standard InChI is InChI=1S/C11H22O3/c1-3-9(2)11(12)8-14-7-10-4-5-13-6-10/h9-12H,3-8H2,1-2H3. The van der Waals surface area contributed by atoms with E-state index in [2.05, 4.69) is 6.92 Å². The molecule has 3 unspecified atom stereocenters. The quantitative estimate of drug-likeness (QED) is 0.708. The number of ether oxygens (including phenoxy) is 2. The monoisotopic (exact) mass is 202 g/mol. The number of aliphatic hydroxyl groups excluding tert-OH is 1. The van der Waals surface area contributed by atoms with Gasteiger partial charge in [-0.05, 0) is 12.3 Å². The lowest BCUT2D eigenvalue weighted by Gasteiger charge is -2.18. The van der Waals surface area contributed by atoms with Crippen molar-refractivity contribution in [1.82, 2.24) is 0 Å². The van der Waals surface area contributed by atoms with E-state index in [-0.39, 0.29) is 6.10 Å². The molecule has 1 aliphatic heterocycles. The molecule has 0 saturated carbocycles. The SMILES string of the molecule is CCC(C)C(O)COCC1CCOC1. The van der Waals surface area contributed by atoms with Crippen molar-refractivity contribution < 1.29 is 14.6 Å². The number of hydrogen-bond donors (Lipinski definition) is 1. The first-order valence-electron chi connectivity index (χ1n) is 5.57. The van der Waals surface area contributed by atoms with Crippen LogP contribution in [0.5, 0.6) is 0 Å². The summed E-state index contributed by atoms with van der Waals surface area (Å²) >= 11 is 0. The fourth-order valence-electron chi connectivity index (χ4n) is 1.51. The first kappa shape index (κ1) is 12.0. The Bertz CT molecular complexity index is 143. The highest BCUT2D eigenvalue weighted by atomic mass is 16.5. The van der Waals surface area contributed by atoms with Gasteiger partial charge < -0.3 is 14.6 Å². The van der Waals surface area contributed by atoms with Crippen molar-refractivity contribution in [2.24, 2.45) is 11.8 Å². The van der Waals surface area contributed by atoms with E-state index in [9.17, 15) is 5.11 Å². The Kier molecular flexibility index (Phi) is 5.45.